The van der Waals surface area contributed by atoms with E-state index in [-0.39, 0.29) is 0 Å². The van der Waals surface area contributed by atoms with Crippen LogP contribution in [0.3, 0.4) is 0 Å². The van der Waals surface area contributed by atoms with Crippen LogP contribution in [0, 0.1) is 0 Å². The Morgan fingerprint density at radius 3 is 1.59 bits per heavy atom. The minimum atomic E-state index is 0.885. The molecule has 0 amide bonds. The third kappa shape index (κ3) is 8.78. The Hall–Kier alpha value is -1.42. The third-order valence-corrected chi connectivity index (χ3v) is 3.38. The molecule has 0 aliphatic carbocycles. The monoisotopic (exact) mass is 304 g/mol. The first-order chi connectivity index (χ1) is 10.8. The van der Waals surface area contributed by atoms with E-state index in [1.165, 1.54) is 24.4 Å². The average molecular weight is 304 g/mol. The summed E-state index contributed by atoms with van der Waals surface area (Å²) in [5.74, 6) is 0. The van der Waals surface area contributed by atoms with Gasteiger partial charge in [-0.05, 0) is 37.3 Å². The Morgan fingerprint density at radius 2 is 1.27 bits per heavy atom. The zero-order chi connectivity index (χ0) is 16.6. The van der Waals surface area contributed by atoms with Gasteiger partial charge in [0.2, 0.25) is 0 Å². The van der Waals surface area contributed by atoms with Crippen LogP contribution in [-0.2, 0) is 4.74 Å². The van der Waals surface area contributed by atoms with Gasteiger partial charge in [0.05, 0.1) is 0 Å². The van der Waals surface area contributed by atoms with Gasteiger partial charge in [0, 0.05) is 20.3 Å². The van der Waals surface area contributed by atoms with Gasteiger partial charge in [-0.1, -0.05) is 62.4 Å². The van der Waals surface area contributed by atoms with Crippen LogP contribution in [0.15, 0.2) is 48.5 Å². The van der Waals surface area contributed by atoms with Gasteiger partial charge in [0.15, 0.2) is 0 Å². The Labute approximate surface area is 136 Å². The van der Waals surface area contributed by atoms with Crippen molar-refractivity contribution in [2.75, 3.05) is 40.4 Å². The van der Waals surface area contributed by atoms with Crippen molar-refractivity contribution in [1.29, 1.82) is 0 Å². The van der Waals surface area contributed by atoms with E-state index in [0.717, 1.165) is 26.1 Å². The number of ether oxygens (including phenoxy) is 1. The number of fused-ring (bicyclic) bond motifs is 1. The van der Waals surface area contributed by atoms with E-state index in [4.69, 9.17) is 4.74 Å². The summed E-state index contributed by atoms with van der Waals surface area (Å²) in [4.78, 5) is 2.40. The SMILES string of the molecule is CCN(CC)CCCOC.CN.c1ccc2ccccc2c1. The largest absolute Gasteiger partial charge is 0.385 e. The Balaban J connectivity index is 0.000000360. The number of methoxy groups -OCH3 is 1. The van der Waals surface area contributed by atoms with E-state index >= 15 is 0 Å². The molecule has 2 rings (SSSR count). The van der Waals surface area contributed by atoms with Crippen LogP contribution in [0.4, 0.5) is 0 Å². The van der Waals surface area contributed by atoms with E-state index in [9.17, 15) is 0 Å². The molecule has 0 fully saturated rings. The molecular weight excluding hydrogens is 272 g/mol. The summed E-state index contributed by atoms with van der Waals surface area (Å²) in [6.45, 7) is 8.74. The highest BCUT2D eigenvalue weighted by atomic mass is 16.5. The van der Waals surface area contributed by atoms with Crippen LogP contribution < -0.4 is 5.73 Å². The smallest absolute Gasteiger partial charge is 0.0474 e. The fourth-order valence-corrected chi connectivity index (χ4v) is 2.11. The lowest BCUT2D eigenvalue weighted by Gasteiger charge is -2.16. The molecule has 22 heavy (non-hydrogen) atoms. The number of benzene rings is 2. The fourth-order valence-electron chi connectivity index (χ4n) is 2.11. The van der Waals surface area contributed by atoms with Crippen molar-refractivity contribution in [2.24, 2.45) is 5.73 Å². The van der Waals surface area contributed by atoms with Crippen molar-refractivity contribution in [3.63, 3.8) is 0 Å². The summed E-state index contributed by atoms with van der Waals surface area (Å²) in [7, 11) is 3.25. The Bertz CT molecular complexity index is 404. The van der Waals surface area contributed by atoms with Crippen molar-refractivity contribution in [2.45, 2.75) is 20.3 Å². The number of hydrogen-bond acceptors (Lipinski definition) is 3. The van der Waals surface area contributed by atoms with Crippen LogP contribution in [-0.4, -0.2) is 45.3 Å². The van der Waals surface area contributed by atoms with Gasteiger partial charge in [-0.25, -0.2) is 0 Å². The topological polar surface area (TPSA) is 38.5 Å². The van der Waals surface area contributed by atoms with Crippen LogP contribution in [0.1, 0.15) is 20.3 Å². The molecule has 0 bridgehead atoms. The lowest BCUT2D eigenvalue weighted by molar-refractivity contribution is 0.175. The van der Waals surface area contributed by atoms with Gasteiger partial charge in [-0.2, -0.15) is 0 Å². The minimum absolute atomic E-state index is 0.885. The first-order valence-electron chi connectivity index (χ1n) is 8.04. The number of hydrogen-bond donors (Lipinski definition) is 1. The second-order valence-electron chi connectivity index (χ2n) is 4.72. The summed E-state index contributed by atoms with van der Waals surface area (Å²) in [6.07, 6.45) is 1.15. The van der Waals surface area contributed by atoms with E-state index in [2.05, 4.69) is 73.0 Å². The van der Waals surface area contributed by atoms with Gasteiger partial charge < -0.3 is 15.4 Å². The predicted molar refractivity (Wildman–Crippen MR) is 98.3 cm³/mol. The Morgan fingerprint density at radius 1 is 0.864 bits per heavy atom. The molecule has 0 heterocycles. The van der Waals surface area contributed by atoms with Crippen molar-refractivity contribution in [3.05, 3.63) is 48.5 Å². The fraction of sp³-hybridized carbons (Fsp3) is 0.474. The molecule has 0 saturated carbocycles. The number of nitrogens with zero attached hydrogens (tertiary/aromatic N) is 1. The molecule has 124 valence electrons. The van der Waals surface area contributed by atoms with E-state index < -0.39 is 0 Å². The van der Waals surface area contributed by atoms with Gasteiger partial charge in [0.25, 0.3) is 0 Å². The van der Waals surface area contributed by atoms with E-state index in [1.54, 1.807) is 7.11 Å². The molecule has 0 unspecified atom stereocenters. The lowest BCUT2D eigenvalue weighted by Crippen LogP contribution is -2.24. The highest BCUT2D eigenvalue weighted by Crippen LogP contribution is 2.11. The van der Waals surface area contributed by atoms with Crippen molar-refractivity contribution >= 4 is 10.8 Å². The van der Waals surface area contributed by atoms with E-state index in [1.807, 2.05) is 0 Å². The molecule has 0 atom stereocenters. The summed E-state index contributed by atoms with van der Waals surface area (Å²) in [5.41, 5.74) is 4.50. The predicted octanol–water partition coefficient (Wildman–Crippen LogP) is 3.78. The van der Waals surface area contributed by atoms with Crippen LogP contribution in [0.5, 0.6) is 0 Å². The molecule has 0 aliphatic rings. The maximum Gasteiger partial charge on any atom is 0.0474 e. The Kier molecular flexibility index (Phi) is 13.6. The molecular formula is C19H32N2O. The molecule has 3 heteroatoms. The van der Waals surface area contributed by atoms with Crippen LogP contribution in [0.2, 0.25) is 0 Å². The summed E-state index contributed by atoms with van der Waals surface area (Å²) in [6, 6.07) is 16.7. The normalized spacial score (nSPS) is 9.73. The van der Waals surface area contributed by atoms with E-state index in [0.29, 0.717) is 0 Å². The molecule has 0 radical (unpaired) electrons. The van der Waals surface area contributed by atoms with Crippen molar-refractivity contribution in [3.8, 4) is 0 Å². The zero-order valence-corrected chi connectivity index (χ0v) is 14.6. The highest BCUT2D eigenvalue weighted by Gasteiger charge is 1.96. The molecule has 2 aromatic rings. The van der Waals surface area contributed by atoms with Gasteiger partial charge >= 0.3 is 0 Å². The molecule has 3 nitrogen and oxygen atoms in total. The standard InChI is InChI=1S/C10H8.C8H19NO.CH5N/c1-2-6-10-8-4-3-7-9(10)5-1;1-4-9(5-2)7-6-8-10-3;1-2/h1-8H;4-8H2,1-3H3;2H2,1H3. The summed E-state index contributed by atoms with van der Waals surface area (Å²) >= 11 is 0. The van der Waals surface area contributed by atoms with Gasteiger partial charge in [0.1, 0.15) is 0 Å². The number of nitrogens with two attached hydrogens (primary N) is 1. The first kappa shape index (κ1) is 20.6. The van der Waals surface area contributed by atoms with Gasteiger partial charge in [-0.3, -0.25) is 0 Å². The second-order valence-corrected chi connectivity index (χ2v) is 4.72. The van der Waals surface area contributed by atoms with Crippen LogP contribution in [0.25, 0.3) is 10.8 Å². The quantitative estimate of drug-likeness (QED) is 0.825. The van der Waals surface area contributed by atoms with Gasteiger partial charge in [-0.15, -0.1) is 0 Å². The zero-order valence-electron chi connectivity index (χ0n) is 14.6. The molecule has 0 aliphatic heterocycles. The number of rotatable bonds is 6. The minimum Gasteiger partial charge on any atom is -0.385 e. The lowest BCUT2D eigenvalue weighted by atomic mass is 10.1. The first-order valence-corrected chi connectivity index (χ1v) is 8.04. The maximum absolute atomic E-state index is 4.95. The van der Waals surface area contributed by atoms with Crippen molar-refractivity contribution in [1.82, 2.24) is 4.90 Å². The third-order valence-electron chi connectivity index (χ3n) is 3.38. The van der Waals surface area contributed by atoms with Crippen LogP contribution >= 0.6 is 0 Å². The second kappa shape index (κ2) is 14.5. The molecule has 0 aromatic heterocycles. The maximum atomic E-state index is 4.95. The summed E-state index contributed by atoms with van der Waals surface area (Å²) in [5, 5.41) is 2.62. The molecule has 0 saturated heterocycles. The average Bonchev–Trinajstić information content (AvgIpc) is 2.61. The highest BCUT2D eigenvalue weighted by molar-refractivity contribution is 5.81. The molecule has 2 aromatic carbocycles. The van der Waals surface area contributed by atoms with Crippen molar-refractivity contribution < 1.29 is 4.74 Å². The molecule has 0 spiro atoms. The summed E-state index contributed by atoms with van der Waals surface area (Å²) < 4.78 is 4.95. The molecule has 2 N–H and O–H groups in total.